The molecule has 7 nitrogen and oxygen atoms in total. The fraction of sp³-hybridized carbons (Fsp3) is 0.357. The minimum atomic E-state index is -0.460. The number of nitrogens with one attached hydrogen (secondary N) is 1. The smallest absolute Gasteiger partial charge is 0.314 e. The SMILES string of the molecule is Cc1cc(C)n(CCCNc2cccc(N)c2[N+](=O)[O-])n1. The third kappa shape index (κ3) is 3.50. The first-order chi connectivity index (χ1) is 9.99. The Morgan fingerprint density at radius 1 is 1.43 bits per heavy atom. The number of aryl methyl sites for hydroxylation is 3. The van der Waals surface area contributed by atoms with E-state index in [-0.39, 0.29) is 11.4 Å². The van der Waals surface area contributed by atoms with Crippen LogP contribution < -0.4 is 11.1 Å². The highest BCUT2D eigenvalue weighted by molar-refractivity contribution is 5.74. The molecule has 0 saturated carbocycles. The Balaban J connectivity index is 1.94. The van der Waals surface area contributed by atoms with E-state index < -0.39 is 4.92 Å². The maximum Gasteiger partial charge on any atom is 0.314 e. The van der Waals surface area contributed by atoms with Crippen molar-refractivity contribution in [1.82, 2.24) is 9.78 Å². The van der Waals surface area contributed by atoms with Crippen molar-refractivity contribution in [1.29, 1.82) is 0 Å². The Morgan fingerprint density at radius 3 is 2.81 bits per heavy atom. The number of anilines is 2. The minimum absolute atomic E-state index is 0.0661. The Kier molecular flexibility index (Phi) is 4.42. The third-order valence-electron chi connectivity index (χ3n) is 3.22. The summed E-state index contributed by atoms with van der Waals surface area (Å²) in [5.41, 5.74) is 8.31. The molecule has 0 atom stereocenters. The van der Waals surface area contributed by atoms with Crippen molar-refractivity contribution in [2.24, 2.45) is 0 Å². The first kappa shape index (κ1) is 14.8. The third-order valence-corrected chi connectivity index (χ3v) is 3.22. The fourth-order valence-electron chi connectivity index (χ4n) is 2.26. The van der Waals surface area contributed by atoms with Crippen molar-refractivity contribution < 1.29 is 4.92 Å². The molecule has 2 aromatic rings. The van der Waals surface area contributed by atoms with Gasteiger partial charge in [-0.3, -0.25) is 14.8 Å². The molecule has 2 rings (SSSR count). The van der Waals surface area contributed by atoms with Crippen LogP contribution in [0.15, 0.2) is 24.3 Å². The monoisotopic (exact) mass is 289 g/mol. The van der Waals surface area contributed by atoms with E-state index in [1.165, 1.54) is 6.07 Å². The fourth-order valence-corrected chi connectivity index (χ4v) is 2.26. The van der Waals surface area contributed by atoms with Gasteiger partial charge in [-0.05, 0) is 38.5 Å². The summed E-state index contributed by atoms with van der Waals surface area (Å²) in [6.45, 7) is 5.35. The molecule has 0 aliphatic heterocycles. The van der Waals surface area contributed by atoms with Gasteiger partial charge in [0, 0.05) is 18.8 Å². The number of benzene rings is 1. The van der Waals surface area contributed by atoms with E-state index in [1.807, 2.05) is 24.6 Å². The molecular formula is C14H19N5O2. The maximum absolute atomic E-state index is 11.0. The van der Waals surface area contributed by atoms with Gasteiger partial charge < -0.3 is 11.1 Å². The lowest BCUT2D eigenvalue weighted by molar-refractivity contribution is -0.383. The van der Waals surface area contributed by atoms with E-state index in [1.54, 1.807) is 12.1 Å². The number of nitro groups is 1. The Hall–Kier alpha value is -2.57. The van der Waals surface area contributed by atoms with Gasteiger partial charge in [-0.2, -0.15) is 5.10 Å². The standard InChI is InChI=1S/C14H19N5O2/c1-10-9-11(2)18(17-10)8-4-7-16-13-6-3-5-12(15)14(13)19(20)21/h3,5-6,9,16H,4,7-8,15H2,1-2H3. The number of hydrogen-bond donors (Lipinski definition) is 2. The van der Waals surface area contributed by atoms with Crippen molar-refractivity contribution >= 4 is 17.1 Å². The molecule has 21 heavy (non-hydrogen) atoms. The number of aromatic nitrogens is 2. The molecule has 0 saturated heterocycles. The molecule has 0 fully saturated rings. The summed E-state index contributed by atoms with van der Waals surface area (Å²) in [5.74, 6) is 0. The zero-order valence-electron chi connectivity index (χ0n) is 12.2. The van der Waals surface area contributed by atoms with Crippen LogP contribution >= 0.6 is 0 Å². The van der Waals surface area contributed by atoms with Gasteiger partial charge in [0.2, 0.25) is 0 Å². The normalized spacial score (nSPS) is 10.6. The molecule has 0 aliphatic rings. The van der Waals surface area contributed by atoms with Crippen LogP contribution in [-0.2, 0) is 6.54 Å². The predicted molar refractivity (Wildman–Crippen MR) is 82.3 cm³/mol. The number of rotatable bonds is 6. The molecular weight excluding hydrogens is 270 g/mol. The molecule has 112 valence electrons. The minimum Gasteiger partial charge on any atom is -0.393 e. The van der Waals surface area contributed by atoms with Crippen LogP contribution in [0, 0.1) is 24.0 Å². The highest BCUT2D eigenvalue weighted by Crippen LogP contribution is 2.30. The molecule has 0 bridgehead atoms. The molecule has 1 aromatic carbocycles. The second-order valence-corrected chi connectivity index (χ2v) is 4.93. The van der Waals surface area contributed by atoms with Crippen LogP contribution in [0.4, 0.5) is 17.1 Å². The molecule has 0 aliphatic carbocycles. The lowest BCUT2D eigenvalue weighted by Gasteiger charge is -2.09. The van der Waals surface area contributed by atoms with Gasteiger partial charge in [-0.1, -0.05) is 6.07 Å². The lowest BCUT2D eigenvalue weighted by Crippen LogP contribution is -2.10. The molecule has 0 spiro atoms. The summed E-state index contributed by atoms with van der Waals surface area (Å²) in [7, 11) is 0. The summed E-state index contributed by atoms with van der Waals surface area (Å²) in [5, 5.41) is 18.5. The van der Waals surface area contributed by atoms with E-state index in [4.69, 9.17) is 5.73 Å². The summed E-state index contributed by atoms with van der Waals surface area (Å²) >= 11 is 0. The molecule has 3 N–H and O–H groups in total. The van der Waals surface area contributed by atoms with Crippen molar-refractivity contribution in [2.75, 3.05) is 17.6 Å². The lowest BCUT2D eigenvalue weighted by atomic mass is 10.2. The van der Waals surface area contributed by atoms with Crippen LogP contribution in [0.25, 0.3) is 0 Å². The molecule has 0 unspecified atom stereocenters. The summed E-state index contributed by atoms with van der Waals surface area (Å²) in [6.07, 6.45) is 0.813. The van der Waals surface area contributed by atoms with Gasteiger partial charge in [0.25, 0.3) is 0 Å². The zero-order valence-corrected chi connectivity index (χ0v) is 12.2. The van der Waals surface area contributed by atoms with E-state index in [2.05, 4.69) is 10.4 Å². The Bertz CT molecular complexity index is 651. The summed E-state index contributed by atoms with van der Waals surface area (Å²) in [6, 6.07) is 6.92. The first-order valence-electron chi connectivity index (χ1n) is 6.77. The quantitative estimate of drug-likeness (QED) is 0.368. The molecule has 1 aromatic heterocycles. The predicted octanol–water partition coefficient (Wildman–Crippen LogP) is 2.49. The van der Waals surface area contributed by atoms with Crippen LogP contribution in [-0.4, -0.2) is 21.2 Å². The summed E-state index contributed by atoms with van der Waals surface area (Å²) < 4.78 is 1.94. The number of nitrogens with zero attached hydrogens (tertiary/aromatic N) is 3. The number of hydrogen-bond acceptors (Lipinski definition) is 5. The highest BCUT2D eigenvalue weighted by atomic mass is 16.6. The van der Waals surface area contributed by atoms with Gasteiger partial charge in [-0.25, -0.2) is 0 Å². The second-order valence-electron chi connectivity index (χ2n) is 4.93. The molecule has 7 heteroatoms. The zero-order chi connectivity index (χ0) is 15.4. The van der Waals surface area contributed by atoms with Crippen molar-refractivity contribution in [3.63, 3.8) is 0 Å². The first-order valence-corrected chi connectivity index (χ1v) is 6.77. The van der Waals surface area contributed by atoms with E-state index in [0.29, 0.717) is 12.2 Å². The Morgan fingerprint density at radius 2 is 2.19 bits per heavy atom. The number of nitrogen functional groups attached to an aromatic ring is 1. The highest BCUT2D eigenvalue weighted by Gasteiger charge is 2.16. The maximum atomic E-state index is 11.0. The van der Waals surface area contributed by atoms with Crippen molar-refractivity contribution in [3.05, 3.63) is 45.8 Å². The van der Waals surface area contributed by atoms with E-state index >= 15 is 0 Å². The average Bonchev–Trinajstić information content (AvgIpc) is 2.72. The van der Waals surface area contributed by atoms with Crippen molar-refractivity contribution in [2.45, 2.75) is 26.8 Å². The van der Waals surface area contributed by atoms with Gasteiger partial charge in [0.05, 0.1) is 10.6 Å². The summed E-state index contributed by atoms with van der Waals surface area (Å²) in [4.78, 5) is 10.6. The topological polar surface area (TPSA) is 99.0 Å². The van der Waals surface area contributed by atoms with Crippen molar-refractivity contribution in [3.8, 4) is 0 Å². The number of nitro benzene ring substituents is 1. The van der Waals surface area contributed by atoms with E-state index in [0.717, 1.165) is 24.4 Å². The second kappa shape index (κ2) is 6.25. The largest absolute Gasteiger partial charge is 0.393 e. The van der Waals surface area contributed by atoms with E-state index in [9.17, 15) is 10.1 Å². The Labute approximate surface area is 122 Å². The number of para-hydroxylation sites is 1. The number of nitrogens with two attached hydrogens (primary N) is 1. The van der Waals surface area contributed by atoms with Gasteiger partial charge >= 0.3 is 5.69 Å². The van der Waals surface area contributed by atoms with Crippen LogP contribution in [0.5, 0.6) is 0 Å². The van der Waals surface area contributed by atoms with Gasteiger partial charge in [0.1, 0.15) is 11.4 Å². The average molecular weight is 289 g/mol. The molecule has 0 radical (unpaired) electrons. The van der Waals surface area contributed by atoms with Gasteiger partial charge in [-0.15, -0.1) is 0 Å². The van der Waals surface area contributed by atoms with Crippen LogP contribution in [0.2, 0.25) is 0 Å². The molecule has 0 amide bonds. The molecule has 1 heterocycles. The van der Waals surface area contributed by atoms with Crippen LogP contribution in [0.3, 0.4) is 0 Å². The van der Waals surface area contributed by atoms with Crippen LogP contribution in [0.1, 0.15) is 17.8 Å². The van der Waals surface area contributed by atoms with Gasteiger partial charge in [0.15, 0.2) is 0 Å².